The molecule has 3 rings (SSSR count). The predicted molar refractivity (Wildman–Crippen MR) is 94.2 cm³/mol. The second-order valence-corrected chi connectivity index (χ2v) is 9.10. The zero-order valence-corrected chi connectivity index (χ0v) is 15.0. The van der Waals surface area contributed by atoms with E-state index in [2.05, 4.69) is 9.62 Å². The number of nitrogens with zero attached hydrogens (tertiary/aromatic N) is 1. The minimum Gasteiger partial charge on any atom is -0.295 e. The molecule has 2 fully saturated rings. The van der Waals surface area contributed by atoms with Crippen LogP contribution in [0.1, 0.15) is 50.1 Å². The highest BCUT2D eigenvalue weighted by molar-refractivity contribution is 7.90. The molecule has 128 valence electrons. The summed E-state index contributed by atoms with van der Waals surface area (Å²) in [5, 5.41) is 0.492. The van der Waals surface area contributed by atoms with Crippen LogP contribution in [0.2, 0.25) is 5.02 Å². The maximum absolute atomic E-state index is 12.5. The van der Waals surface area contributed by atoms with Crippen molar-refractivity contribution in [2.75, 3.05) is 19.6 Å². The van der Waals surface area contributed by atoms with Crippen molar-refractivity contribution in [3.63, 3.8) is 0 Å². The zero-order chi connectivity index (χ0) is 16.3. The lowest BCUT2D eigenvalue weighted by molar-refractivity contribution is 0.246. The molecule has 1 saturated heterocycles. The van der Waals surface area contributed by atoms with E-state index in [9.17, 15) is 8.42 Å². The number of likely N-dealkylation sites (tertiary alicyclic amines) is 1. The van der Waals surface area contributed by atoms with Crippen molar-refractivity contribution in [2.45, 2.75) is 49.8 Å². The van der Waals surface area contributed by atoms with E-state index >= 15 is 0 Å². The van der Waals surface area contributed by atoms with E-state index in [0.717, 1.165) is 44.3 Å². The largest absolute Gasteiger partial charge is 0.295 e. The number of hydrogen-bond acceptors (Lipinski definition) is 3. The first-order valence-corrected chi connectivity index (χ1v) is 10.5. The number of rotatable bonds is 6. The molecule has 1 heterocycles. The van der Waals surface area contributed by atoms with E-state index in [1.54, 1.807) is 0 Å². The third-order valence-corrected chi connectivity index (χ3v) is 7.19. The van der Waals surface area contributed by atoms with Crippen LogP contribution in [-0.4, -0.2) is 38.2 Å². The predicted octanol–water partition coefficient (Wildman–Crippen LogP) is 3.34. The van der Waals surface area contributed by atoms with Crippen molar-refractivity contribution in [3.8, 4) is 0 Å². The second-order valence-electron chi connectivity index (χ2n) is 6.61. The minimum absolute atomic E-state index is 0.0624. The zero-order valence-electron chi connectivity index (χ0n) is 13.4. The molecule has 1 aromatic carbocycles. The lowest BCUT2D eigenvalue weighted by Gasteiger charge is -2.28. The van der Waals surface area contributed by atoms with Gasteiger partial charge in [0.2, 0.25) is 10.0 Å². The monoisotopic (exact) mass is 356 g/mol. The molecule has 1 aliphatic heterocycles. The van der Waals surface area contributed by atoms with Crippen molar-refractivity contribution < 1.29 is 8.42 Å². The average Bonchev–Trinajstić information content (AvgIpc) is 3.21. The number of benzene rings is 1. The molecule has 1 aliphatic carbocycles. The summed E-state index contributed by atoms with van der Waals surface area (Å²) in [5.41, 5.74) is 1.09. The van der Waals surface area contributed by atoms with Crippen LogP contribution in [0.5, 0.6) is 0 Å². The molecule has 0 bridgehead atoms. The molecule has 23 heavy (non-hydrogen) atoms. The van der Waals surface area contributed by atoms with Crippen LogP contribution in [-0.2, 0) is 10.0 Å². The van der Waals surface area contributed by atoms with Crippen LogP contribution in [0.15, 0.2) is 24.3 Å². The number of halogens is 1. The Bertz CT molecular complexity index is 623. The van der Waals surface area contributed by atoms with Crippen molar-refractivity contribution >= 4 is 21.6 Å². The molecule has 6 heteroatoms. The van der Waals surface area contributed by atoms with Crippen LogP contribution < -0.4 is 4.72 Å². The molecule has 0 spiro atoms. The van der Waals surface area contributed by atoms with E-state index in [1.807, 2.05) is 24.3 Å². The number of sulfonamides is 1. The fourth-order valence-electron chi connectivity index (χ4n) is 3.74. The quantitative estimate of drug-likeness (QED) is 0.850. The van der Waals surface area contributed by atoms with Gasteiger partial charge in [0.15, 0.2) is 0 Å². The Labute approximate surface area is 144 Å². The summed E-state index contributed by atoms with van der Waals surface area (Å²) in [5.74, 6) is 0. The van der Waals surface area contributed by atoms with Crippen molar-refractivity contribution in [3.05, 3.63) is 34.9 Å². The van der Waals surface area contributed by atoms with Gasteiger partial charge in [0.25, 0.3) is 0 Å². The van der Waals surface area contributed by atoms with Gasteiger partial charge in [0.05, 0.1) is 5.25 Å². The Morgan fingerprint density at radius 2 is 1.87 bits per heavy atom. The Kier molecular flexibility index (Phi) is 5.62. The van der Waals surface area contributed by atoms with Crippen molar-refractivity contribution in [1.29, 1.82) is 0 Å². The molecule has 1 atom stereocenters. The Balaban J connectivity index is 1.73. The lowest BCUT2D eigenvalue weighted by Crippen LogP contribution is -2.40. The summed E-state index contributed by atoms with van der Waals surface area (Å²) < 4.78 is 27.9. The van der Waals surface area contributed by atoms with Gasteiger partial charge >= 0.3 is 0 Å². The number of nitrogens with one attached hydrogen (secondary N) is 1. The molecule has 0 amide bonds. The van der Waals surface area contributed by atoms with E-state index in [4.69, 9.17) is 11.6 Å². The summed E-state index contributed by atoms with van der Waals surface area (Å²) in [6.45, 7) is 2.46. The summed E-state index contributed by atoms with van der Waals surface area (Å²) in [6, 6.07) is 7.85. The lowest BCUT2D eigenvalue weighted by atomic mass is 10.1. The molecule has 4 nitrogen and oxygen atoms in total. The highest BCUT2D eigenvalue weighted by Gasteiger charge is 2.31. The van der Waals surface area contributed by atoms with Gasteiger partial charge in [0, 0.05) is 17.6 Å². The maximum atomic E-state index is 12.5. The van der Waals surface area contributed by atoms with Crippen LogP contribution in [0, 0.1) is 0 Å². The van der Waals surface area contributed by atoms with Gasteiger partial charge in [-0.15, -0.1) is 0 Å². The van der Waals surface area contributed by atoms with E-state index in [0.29, 0.717) is 11.6 Å². The Hall–Kier alpha value is -0.620. The molecule has 1 N–H and O–H groups in total. The van der Waals surface area contributed by atoms with E-state index < -0.39 is 10.0 Å². The molecular weight excluding hydrogens is 332 g/mol. The first-order chi connectivity index (χ1) is 11.1. The fourth-order valence-corrected chi connectivity index (χ4v) is 5.52. The van der Waals surface area contributed by atoms with Gasteiger partial charge in [-0.1, -0.05) is 36.6 Å². The van der Waals surface area contributed by atoms with Gasteiger partial charge in [-0.05, 0) is 56.5 Å². The Morgan fingerprint density at radius 1 is 1.17 bits per heavy atom. The van der Waals surface area contributed by atoms with Gasteiger partial charge in [-0.2, -0.15) is 0 Å². The first-order valence-electron chi connectivity index (χ1n) is 8.54. The smallest absolute Gasteiger partial charge is 0.214 e. The minimum atomic E-state index is -3.21. The summed E-state index contributed by atoms with van der Waals surface area (Å²) >= 11 is 6.13. The topological polar surface area (TPSA) is 49.4 Å². The third-order valence-electron chi connectivity index (χ3n) is 5.03. The van der Waals surface area contributed by atoms with Crippen molar-refractivity contribution in [2.24, 2.45) is 0 Å². The highest BCUT2D eigenvalue weighted by atomic mass is 35.5. The standard InChI is InChI=1S/C17H25ClN2O2S/c18-15-7-5-6-14(12-15)17(20-10-3-4-11-20)13-19-23(21,22)16-8-1-2-9-16/h5-7,12,16-17,19H,1-4,8-11,13H2. The summed E-state index contributed by atoms with van der Waals surface area (Å²) in [7, 11) is -3.21. The van der Waals surface area contributed by atoms with Gasteiger partial charge in [-0.3, -0.25) is 4.90 Å². The maximum Gasteiger partial charge on any atom is 0.214 e. The number of hydrogen-bond donors (Lipinski definition) is 1. The molecule has 1 aromatic rings. The summed E-state index contributed by atoms with van der Waals surface area (Å²) in [4.78, 5) is 2.36. The van der Waals surface area contributed by atoms with Crippen LogP contribution in [0.4, 0.5) is 0 Å². The fraction of sp³-hybridized carbons (Fsp3) is 0.647. The normalized spacial score (nSPS) is 21.8. The van der Waals surface area contributed by atoms with E-state index in [1.165, 1.54) is 12.8 Å². The molecule has 2 aliphatic rings. The SMILES string of the molecule is O=S(=O)(NCC(c1cccc(Cl)c1)N1CCCC1)C1CCCC1. The molecule has 1 saturated carbocycles. The van der Waals surface area contributed by atoms with Gasteiger partial charge in [-0.25, -0.2) is 13.1 Å². The van der Waals surface area contributed by atoms with Gasteiger partial charge in [0.1, 0.15) is 0 Å². The second kappa shape index (κ2) is 7.51. The molecule has 1 unspecified atom stereocenters. The van der Waals surface area contributed by atoms with E-state index in [-0.39, 0.29) is 11.3 Å². The van der Waals surface area contributed by atoms with Crippen LogP contribution in [0.3, 0.4) is 0 Å². The third kappa shape index (κ3) is 4.27. The Morgan fingerprint density at radius 3 is 2.52 bits per heavy atom. The van der Waals surface area contributed by atoms with Crippen molar-refractivity contribution in [1.82, 2.24) is 9.62 Å². The van der Waals surface area contributed by atoms with Crippen LogP contribution in [0.25, 0.3) is 0 Å². The molecule has 0 radical (unpaired) electrons. The molecule has 0 aromatic heterocycles. The first kappa shape index (κ1) is 17.2. The molecular formula is C17H25ClN2O2S. The average molecular weight is 357 g/mol. The summed E-state index contributed by atoms with van der Waals surface area (Å²) in [6.07, 6.45) is 5.98. The van der Waals surface area contributed by atoms with Gasteiger partial charge < -0.3 is 0 Å². The van der Waals surface area contributed by atoms with Crippen LogP contribution >= 0.6 is 11.6 Å². The highest BCUT2D eigenvalue weighted by Crippen LogP contribution is 2.28.